The highest BCUT2D eigenvalue weighted by Gasteiger charge is 2.36. The van der Waals surface area contributed by atoms with Gasteiger partial charge in [-0.05, 0) is 0 Å². The van der Waals surface area contributed by atoms with Crippen LogP contribution in [0.15, 0.2) is 12.1 Å². The van der Waals surface area contributed by atoms with Crippen molar-refractivity contribution in [3.05, 3.63) is 29.6 Å². The number of ether oxygens (including phenoxy) is 1. The van der Waals surface area contributed by atoms with Gasteiger partial charge in [0.15, 0.2) is 11.6 Å². The van der Waals surface area contributed by atoms with Crippen molar-refractivity contribution in [1.82, 2.24) is 9.36 Å². The van der Waals surface area contributed by atoms with Crippen molar-refractivity contribution in [1.29, 1.82) is 0 Å². The van der Waals surface area contributed by atoms with Gasteiger partial charge < -0.3 is 10.5 Å². The summed E-state index contributed by atoms with van der Waals surface area (Å²) >= 11 is 0.266. The monoisotopic (exact) mass is 297 g/mol. The Morgan fingerprint density at radius 1 is 1.16 bits per heavy atom. The molecule has 1 aromatic carbocycles. The van der Waals surface area contributed by atoms with E-state index in [4.69, 9.17) is 10.5 Å². The number of hydrogen-bond acceptors (Lipinski definition) is 5. The lowest BCUT2D eigenvalue weighted by Crippen LogP contribution is -2.07. The summed E-state index contributed by atoms with van der Waals surface area (Å²) in [5.74, 6) is -4.03. The summed E-state index contributed by atoms with van der Waals surface area (Å²) in [6.07, 6.45) is -4.73. The lowest BCUT2D eigenvalue weighted by molar-refractivity contribution is -0.144. The minimum atomic E-state index is -4.73. The van der Waals surface area contributed by atoms with E-state index < -0.39 is 40.3 Å². The number of rotatable bonds is 2. The summed E-state index contributed by atoms with van der Waals surface area (Å²) in [4.78, 5) is 3.01. The first-order valence-electron chi connectivity index (χ1n) is 4.60. The zero-order valence-electron chi connectivity index (χ0n) is 8.83. The molecule has 0 saturated heterocycles. The average Bonchev–Trinajstić information content (AvgIpc) is 2.74. The van der Waals surface area contributed by atoms with Gasteiger partial charge in [0.05, 0.1) is 5.69 Å². The fraction of sp³-hybridized carbons (Fsp3) is 0.111. The van der Waals surface area contributed by atoms with Gasteiger partial charge in [-0.25, -0.2) is 8.78 Å². The van der Waals surface area contributed by atoms with Crippen molar-refractivity contribution in [2.24, 2.45) is 0 Å². The molecule has 19 heavy (non-hydrogen) atoms. The maximum atomic E-state index is 13.3. The first-order chi connectivity index (χ1) is 8.77. The highest BCUT2D eigenvalue weighted by molar-refractivity contribution is 7.07. The van der Waals surface area contributed by atoms with Crippen LogP contribution in [-0.4, -0.2) is 9.36 Å². The van der Waals surface area contributed by atoms with Gasteiger partial charge in [0.2, 0.25) is 0 Å². The molecule has 0 atom stereocenters. The van der Waals surface area contributed by atoms with Crippen molar-refractivity contribution in [2.45, 2.75) is 6.18 Å². The largest absolute Gasteiger partial charge is 0.452 e. The van der Waals surface area contributed by atoms with Crippen LogP contribution in [0.1, 0.15) is 5.82 Å². The summed E-state index contributed by atoms with van der Waals surface area (Å²) in [5.41, 5.74) is 4.65. The van der Waals surface area contributed by atoms with Crippen LogP contribution in [0, 0.1) is 11.6 Å². The summed E-state index contributed by atoms with van der Waals surface area (Å²) in [5, 5.41) is -0.560. The van der Waals surface area contributed by atoms with E-state index in [0.717, 1.165) is 0 Å². The second-order valence-corrected chi connectivity index (χ2v) is 4.00. The first kappa shape index (κ1) is 13.5. The van der Waals surface area contributed by atoms with Crippen molar-refractivity contribution >= 4 is 17.2 Å². The zero-order chi connectivity index (χ0) is 14.2. The number of nitrogens with zero attached hydrogens (tertiary/aromatic N) is 2. The van der Waals surface area contributed by atoms with Crippen LogP contribution in [0.25, 0.3) is 0 Å². The van der Waals surface area contributed by atoms with Crippen LogP contribution >= 0.6 is 11.5 Å². The van der Waals surface area contributed by atoms with Gasteiger partial charge in [-0.15, -0.1) is 0 Å². The third-order valence-corrected chi connectivity index (χ3v) is 2.50. The van der Waals surface area contributed by atoms with Gasteiger partial charge in [0, 0.05) is 23.7 Å². The zero-order valence-corrected chi connectivity index (χ0v) is 9.65. The normalized spacial score (nSPS) is 11.6. The molecule has 0 saturated carbocycles. The molecule has 0 amide bonds. The molecule has 102 valence electrons. The Kier molecular flexibility index (Phi) is 3.27. The average molecular weight is 297 g/mol. The number of aromatic nitrogens is 2. The molecule has 1 aromatic heterocycles. The molecular formula is C9H4F5N3OS. The molecule has 2 N–H and O–H groups in total. The van der Waals surface area contributed by atoms with Gasteiger partial charge in [-0.1, -0.05) is 0 Å². The summed E-state index contributed by atoms with van der Waals surface area (Å²) in [6.45, 7) is 0. The van der Waals surface area contributed by atoms with E-state index in [1.54, 1.807) is 0 Å². The Balaban J connectivity index is 2.27. The van der Waals surface area contributed by atoms with E-state index in [2.05, 4.69) is 9.36 Å². The van der Waals surface area contributed by atoms with Gasteiger partial charge in [-0.3, -0.25) is 0 Å². The fourth-order valence-electron chi connectivity index (χ4n) is 1.08. The standard InChI is InChI=1S/C9H4F5N3OS/c10-3-2-6(4(11)1-5(3)15)18-8-16-7(17-19-8)9(12,13)14/h1-2H,15H2. The van der Waals surface area contributed by atoms with Crippen molar-refractivity contribution < 1.29 is 26.7 Å². The number of nitrogens with two attached hydrogens (primary N) is 1. The van der Waals surface area contributed by atoms with Crippen LogP contribution in [0.2, 0.25) is 0 Å². The van der Waals surface area contributed by atoms with E-state index in [9.17, 15) is 22.0 Å². The number of hydrogen-bond donors (Lipinski definition) is 1. The van der Waals surface area contributed by atoms with E-state index in [0.29, 0.717) is 12.1 Å². The Morgan fingerprint density at radius 2 is 1.84 bits per heavy atom. The number of benzene rings is 1. The molecule has 0 spiro atoms. The molecule has 0 aliphatic carbocycles. The molecule has 1 heterocycles. The molecule has 0 fully saturated rings. The highest BCUT2D eigenvalue weighted by Crippen LogP contribution is 2.33. The van der Waals surface area contributed by atoms with Crippen molar-refractivity contribution in [3.63, 3.8) is 0 Å². The van der Waals surface area contributed by atoms with E-state index in [1.807, 2.05) is 0 Å². The van der Waals surface area contributed by atoms with Gasteiger partial charge in [-0.2, -0.15) is 22.5 Å². The quantitative estimate of drug-likeness (QED) is 0.683. The van der Waals surface area contributed by atoms with Gasteiger partial charge >= 0.3 is 6.18 Å². The Morgan fingerprint density at radius 3 is 2.42 bits per heavy atom. The smallest absolute Gasteiger partial charge is 0.427 e. The molecule has 0 bridgehead atoms. The molecule has 0 unspecified atom stereocenters. The van der Waals surface area contributed by atoms with E-state index >= 15 is 0 Å². The topological polar surface area (TPSA) is 61.0 Å². The van der Waals surface area contributed by atoms with Gasteiger partial charge in [0.25, 0.3) is 11.0 Å². The predicted molar refractivity (Wildman–Crippen MR) is 55.8 cm³/mol. The number of alkyl halides is 3. The number of halogens is 5. The van der Waals surface area contributed by atoms with Gasteiger partial charge in [0.1, 0.15) is 5.82 Å². The maximum absolute atomic E-state index is 13.3. The molecule has 2 aromatic rings. The maximum Gasteiger partial charge on any atom is 0.452 e. The minimum Gasteiger partial charge on any atom is -0.427 e. The lowest BCUT2D eigenvalue weighted by Gasteiger charge is -2.04. The first-order valence-corrected chi connectivity index (χ1v) is 5.38. The van der Waals surface area contributed by atoms with E-state index in [1.165, 1.54) is 0 Å². The van der Waals surface area contributed by atoms with Crippen LogP contribution in [0.4, 0.5) is 27.6 Å². The third-order valence-electron chi connectivity index (χ3n) is 1.91. The van der Waals surface area contributed by atoms with Crippen LogP contribution in [-0.2, 0) is 6.18 Å². The number of anilines is 1. The molecule has 0 aliphatic heterocycles. The fourth-order valence-corrected chi connectivity index (χ4v) is 1.65. The third kappa shape index (κ3) is 2.89. The molecule has 4 nitrogen and oxygen atoms in total. The summed E-state index contributed by atoms with van der Waals surface area (Å²) < 4.78 is 70.7. The molecule has 2 rings (SSSR count). The summed E-state index contributed by atoms with van der Waals surface area (Å²) in [7, 11) is 0. The number of nitrogen functional groups attached to an aromatic ring is 1. The molecular weight excluding hydrogens is 293 g/mol. The second-order valence-electron chi connectivity index (χ2n) is 3.29. The van der Waals surface area contributed by atoms with Crippen LogP contribution < -0.4 is 10.5 Å². The van der Waals surface area contributed by atoms with Crippen LogP contribution in [0.3, 0.4) is 0 Å². The Bertz CT molecular complexity index is 612. The molecule has 0 radical (unpaired) electrons. The van der Waals surface area contributed by atoms with Crippen molar-refractivity contribution in [3.8, 4) is 10.9 Å². The summed E-state index contributed by atoms with van der Waals surface area (Å²) in [6, 6.07) is 1.26. The van der Waals surface area contributed by atoms with Crippen LogP contribution in [0.5, 0.6) is 10.9 Å². The SMILES string of the molecule is Nc1cc(F)c(Oc2nc(C(F)(F)F)ns2)cc1F. The Hall–Kier alpha value is -1.97. The lowest BCUT2D eigenvalue weighted by atomic mass is 10.3. The second kappa shape index (κ2) is 4.61. The molecule has 0 aliphatic rings. The predicted octanol–water partition coefficient (Wildman–Crippen LogP) is 3.21. The molecule has 10 heteroatoms. The minimum absolute atomic E-state index is 0.266. The van der Waals surface area contributed by atoms with E-state index in [-0.39, 0.29) is 11.5 Å². The Labute approximate surface area is 106 Å². The highest BCUT2D eigenvalue weighted by atomic mass is 32.1. The van der Waals surface area contributed by atoms with Crippen molar-refractivity contribution in [2.75, 3.05) is 5.73 Å².